The predicted molar refractivity (Wildman–Crippen MR) is 44.6 cm³/mol. The maximum Gasteiger partial charge on any atom is 0.308 e. The number of esters is 1. The lowest BCUT2D eigenvalue weighted by Crippen LogP contribution is -2.16. The minimum atomic E-state index is -0.255. The van der Waals surface area contributed by atoms with E-state index in [9.17, 15) is 4.79 Å². The van der Waals surface area contributed by atoms with E-state index in [0.29, 0.717) is 6.42 Å². The van der Waals surface area contributed by atoms with Crippen LogP contribution in [0.2, 0.25) is 0 Å². The summed E-state index contributed by atoms with van der Waals surface area (Å²) < 4.78 is 10.2. The van der Waals surface area contributed by atoms with E-state index in [0.717, 1.165) is 32.3 Å². The van der Waals surface area contributed by atoms with E-state index in [1.807, 2.05) is 0 Å². The van der Waals surface area contributed by atoms with Gasteiger partial charge in [0.05, 0.1) is 6.61 Å². The van der Waals surface area contributed by atoms with Crippen LogP contribution in [0.5, 0.6) is 0 Å². The predicted octanol–water partition coefficient (Wildman–Crippen LogP) is 1.86. The molecule has 12 heavy (non-hydrogen) atoms. The Morgan fingerprint density at radius 1 is 1.67 bits per heavy atom. The molecule has 1 rings (SSSR count). The molecule has 0 N–H and O–H groups in total. The highest BCUT2D eigenvalue weighted by molar-refractivity contribution is 5.69. The first-order valence-corrected chi connectivity index (χ1v) is 4.64. The minimum Gasteiger partial charge on any atom is -0.436 e. The van der Waals surface area contributed by atoms with Gasteiger partial charge in [-0.2, -0.15) is 0 Å². The van der Waals surface area contributed by atoms with Crippen LogP contribution in [0, 0.1) is 0 Å². The first-order chi connectivity index (χ1) is 5.83. The monoisotopic (exact) mass is 172 g/mol. The van der Waals surface area contributed by atoms with Crippen LogP contribution in [0.4, 0.5) is 0 Å². The van der Waals surface area contributed by atoms with Crippen molar-refractivity contribution < 1.29 is 14.3 Å². The topological polar surface area (TPSA) is 35.5 Å². The van der Waals surface area contributed by atoms with Crippen molar-refractivity contribution in [3.05, 3.63) is 0 Å². The highest BCUT2D eigenvalue weighted by Crippen LogP contribution is 2.14. The molecule has 0 saturated carbocycles. The first kappa shape index (κ1) is 9.52. The van der Waals surface area contributed by atoms with Crippen molar-refractivity contribution in [2.24, 2.45) is 0 Å². The molecule has 1 unspecified atom stereocenters. The fourth-order valence-electron chi connectivity index (χ4n) is 1.17. The Hall–Kier alpha value is -0.570. The van der Waals surface area contributed by atoms with Crippen LogP contribution in [-0.2, 0) is 14.3 Å². The van der Waals surface area contributed by atoms with Gasteiger partial charge in [-0.25, -0.2) is 0 Å². The summed E-state index contributed by atoms with van der Waals surface area (Å²) in [7, 11) is 0. The van der Waals surface area contributed by atoms with E-state index >= 15 is 0 Å². The van der Waals surface area contributed by atoms with Crippen molar-refractivity contribution in [3.63, 3.8) is 0 Å². The molecule has 0 radical (unpaired) electrons. The Morgan fingerprint density at radius 2 is 2.50 bits per heavy atom. The molecule has 3 nitrogen and oxygen atoms in total. The summed E-state index contributed by atoms with van der Waals surface area (Å²) in [5, 5.41) is 0. The average molecular weight is 172 g/mol. The largest absolute Gasteiger partial charge is 0.436 e. The Balaban J connectivity index is 2.08. The fraction of sp³-hybridized carbons (Fsp3) is 0.889. The van der Waals surface area contributed by atoms with E-state index in [-0.39, 0.29) is 12.3 Å². The van der Waals surface area contributed by atoms with Gasteiger partial charge in [0.1, 0.15) is 0 Å². The van der Waals surface area contributed by atoms with Crippen LogP contribution in [0.3, 0.4) is 0 Å². The molecule has 0 bridgehead atoms. The Bertz CT molecular complexity index is 139. The molecule has 0 amide bonds. The molecule has 0 spiro atoms. The lowest BCUT2D eigenvalue weighted by Gasteiger charge is -2.10. The number of unbranched alkanes of at least 4 members (excludes halogenated alkanes) is 1. The van der Waals surface area contributed by atoms with Gasteiger partial charge in [0, 0.05) is 12.8 Å². The number of rotatable bonds is 4. The second-order valence-corrected chi connectivity index (χ2v) is 3.04. The average Bonchev–Trinajstić information content (AvgIpc) is 2.53. The molecule has 1 atom stereocenters. The summed E-state index contributed by atoms with van der Waals surface area (Å²) in [5.41, 5.74) is 0. The number of carbonyl (C=O) groups is 1. The number of ether oxygens (including phenoxy) is 2. The number of hydrogen-bond acceptors (Lipinski definition) is 3. The van der Waals surface area contributed by atoms with E-state index in [4.69, 9.17) is 9.47 Å². The second kappa shape index (κ2) is 5.14. The normalized spacial score (nSPS) is 22.6. The molecule has 1 aliphatic heterocycles. The van der Waals surface area contributed by atoms with Crippen molar-refractivity contribution in [3.8, 4) is 0 Å². The maximum atomic E-state index is 11.1. The second-order valence-electron chi connectivity index (χ2n) is 3.04. The number of carbonyl (C=O) groups excluding carboxylic acids is 1. The minimum absolute atomic E-state index is 0.122. The third-order valence-electron chi connectivity index (χ3n) is 1.89. The Morgan fingerprint density at radius 3 is 3.08 bits per heavy atom. The molecule has 1 aliphatic rings. The smallest absolute Gasteiger partial charge is 0.308 e. The summed E-state index contributed by atoms with van der Waals surface area (Å²) in [6, 6.07) is 0. The maximum absolute atomic E-state index is 11.1. The summed E-state index contributed by atoms with van der Waals surface area (Å²) in [6.07, 6.45) is 4.07. The highest BCUT2D eigenvalue weighted by atomic mass is 16.7. The third-order valence-corrected chi connectivity index (χ3v) is 1.89. The van der Waals surface area contributed by atoms with E-state index in [2.05, 4.69) is 6.92 Å². The Labute approximate surface area is 73.0 Å². The van der Waals surface area contributed by atoms with Crippen LogP contribution in [0.15, 0.2) is 0 Å². The van der Waals surface area contributed by atoms with Crippen molar-refractivity contribution >= 4 is 5.97 Å². The van der Waals surface area contributed by atoms with E-state index < -0.39 is 0 Å². The van der Waals surface area contributed by atoms with Gasteiger partial charge in [0.2, 0.25) is 6.29 Å². The fourth-order valence-corrected chi connectivity index (χ4v) is 1.17. The molecule has 1 heterocycles. The van der Waals surface area contributed by atoms with Crippen molar-refractivity contribution in [1.82, 2.24) is 0 Å². The SMILES string of the molecule is CCCCC(=O)OC1CCCO1. The van der Waals surface area contributed by atoms with Crippen LogP contribution in [0.1, 0.15) is 39.0 Å². The summed E-state index contributed by atoms with van der Waals surface area (Å²) in [4.78, 5) is 11.1. The van der Waals surface area contributed by atoms with Gasteiger partial charge in [-0.15, -0.1) is 0 Å². The lowest BCUT2D eigenvalue weighted by atomic mass is 10.2. The summed E-state index contributed by atoms with van der Waals surface area (Å²) in [5.74, 6) is -0.122. The molecule has 1 saturated heterocycles. The molecular weight excluding hydrogens is 156 g/mol. The zero-order valence-corrected chi connectivity index (χ0v) is 7.54. The molecule has 1 fully saturated rings. The Kier molecular flexibility index (Phi) is 4.08. The number of hydrogen-bond donors (Lipinski definition) is 0. The van der Waals surface area contributed by atoms with Gasteiger partial charge in [0.25, 0.3) is 0 Å². The molecule has 70 valence electrons. The zero-order valence-electron chi connectivity index (χ0n) is 7.54. The molecule has 0 aliphatic carbocycles. The first-order valence-electron chi connectivity index (χ1n) is 4.64. The van der Waals surface area contributed by atoms with Crippen molar-refractivity contribution in [2.45, 2.75) is 45.3 Å². The van der Waals surface area contributed by atoms with Gasteiger partial charge < -0.3 is 9.47 Å². The van der Waals surface area contributed by atoms with Gasteiger partial charge in [-0.05, 0) is 12.8 Å². The van der Waals surface area contributed by atoms with Gasteiger partial charge in [0.15, 0.2) is 0 Å². The zero-order chi connectivity index (χ0) is 8.81. The summed E-state index contributed by atoms with van der Waals surface area (Å²) >= 11 is 0. The van der Waals surface area contributed by atoms with Crippen molar-refractivity contribution in [2.75, 3.05) is 6.61 Å². The quantitative estimate of drug-likeness (QED) is 0.607. The van der Waals surface area contributed by atoms with Crippen LogP contribution < -0.4 is 0 Å². The molecule has 0 aromatic heterocycles. The van der Waals surface area contributed by atoms with E-state index in [1.165, 1.54) is 0 Å². The molecule has 0 aromatic rings. The molecule has 3 heteroatoms. The molecular formula is C9H16O3. The van der Waals surface area contributed by atoms with Gasteiger partial charge >= 0.3 is 5.97 Å². The van der Waals surface area contributed by atoms with Crippen LogP contribution in [-0.4, -0.2) is 18.9 Å². The van der Waals surface area contributed by atoms with Crippen LogP contribution >= 0.6 is 0 Å². The highest BCUT2D eigenvalue weighted by Gasteiger charge is 2.18. The molecule has 0 aromatic carbocycles. The van der Waals surface area contributed by atoms with Gasteiger partial charge in [-0.3, -0.25) is 4.79 Å². The third kappa shape index (κ3) is 3.22. The lowest BCUT2D eigenvalue weighted by molar-refractivity contribution is -0.169. The summed E-state index contributed by atoms with van der Waals surface area (Å²) in [6.45, 7) is 2.78. The van der Waals surface area contributed by atoms with Gasteiger partial charge in [-0.1, -0.05) is 13.3 Å². The van der Waals surface area contributed by atoms with Crippen molar-refractivity contribution in [1.29, 1.82) is 0 Å². The standard InChI is InChI=1S/C9H16O3/c1-2-3-5-8(10)12-9-6-4-7-11-9/h9H,2-7H2,1H3. The van der Waals surface area contributed by atoms with E-state index in [1.54, 1.807) is 0 Å². The van der Waals surface area contributed by atoms with Crippen LogP contribution in [0.25, 0.3) is 0 Å².